The normalized spacial score (nSPS) is 10.2. The monoisotopic (exact) mass is 302 g/mol. The van der Waals surface area contributed by atoms with Crippen molar-refractivity contribution in [3.8, 4) is 5.75 Å². The summed E-state index contributed by atoms with van der Waals surface area (Å²) in [5, 5.41) is 19.8. The maximum Gasteiger partial charge on any atom is 0.308 e. The van der Waals surface area contributed by atoms with Gasteiger partial charge in [-0.1, -0.05) is 30.3 Å². The number of carbonyl (C=O) groups is 1. The number of aliphatic carboxylic acids is 1. The van der Waals surface area contributed by atoms with E-state index in [0.29, 0.717) is 0 Å². The van der Waals surface area contributed by atoms with Crippen LogP contribution in [0.2, 0.25) is 0 Å². The summed E-state index contributed by atoms with van der Waals surface area (Å²) in [4.78, 5) is 21.2. The molecule has 22 heavy (non-hydrogen) atoms. The van der Waals surface area contributed by atoms with Crippen molar-refractivity contribution in [2.75, 3.05) is 5.73 Å². The minimum absolute atomic E-state index is 0.0436. The predicted octanol–water partition coefficient (Wildman–Crippen LogP) is 2.38. The van der Waals surface area contributed by atoms with Crippen molar-refractivity contribution in [1.29, 1.82) is 0 Å². The first-order valence-corrected chi connectivity index (χ1v) is 6.42. The molecule has 0 fully saturated rings. The number of hydrogen-bond donors (Lipinski definition) is 2. The Bertz CT molecular complexity index is 701. The van der Waals surface area contributed by atoms with Crippen molar-refractivity contribution < 1.29 is 19.6 Å². The molecule has 0 unspecified atom stereocenters. The maximum atomic E-state index is 11.1. The lowest BCUT2D eigenvalue weighted by molar-refractivity contribution is -0.385. The van der Waals surface area contributed by atoms with Gasteiger partial charge >= 0.3 is 5.97 Å². The van der Waals surface area contributed by atoms with Crippen LogP contribution in [0.15, 0.2) is 42.5 Å². The topological polar surface area (TPSA) is 116 Å². The summed E-state index contributed by atoms with van der Waals surface area (Å²) >= 11 is 0. The zero-order valence-electron chi connectivity index (χ0n) is 11.6. The molecule has 0 aromatic heterocycles. The fraction of sp³-hybridized carbons (Fsp3) is 0.133. The number of rotatable bonds is 6. The zero-order valence-corrected chi connectivity index (χ0v) is 11.6. The van der Waals surface area contributed by atoms with Gasteiger partial charge in [0.05, 0.1) is 23.1 Å². The van der Waals surface area contributed by atoms with Gasteiger partial charge in [0.1, 0.15) is 12.4 Å². The summed E-state index contributed by atoms with van der Waals surface area (Å²) in [5.41, 5.74) is 6.57. The number of nitro benzene ring substituents is 1. The molecule has 0 aliphatic heterocycles. The largest absolute Gasteiger partial charge is 0.486 e. The Kier molecular flexibility index (Phi) is 4.57. The minimum Gasteiger partial charge on any atom is -0.486 e. The Morgan fingerprint density at radius 3 is 2.55 bits per heavy atom. The Morgan fingerprint density at radius 1 is 1.27 bits per heavy atom. The van der Waals surface area contributed by atoms with Gasteiger partial charge in [0.15, 0.2) is 0 Å². The molecule has 0 bridgehead atoms. The molecule has 3 N–H and O–H groups in total. The molecule has 0 aliphatic rings. The quantitative estimate of drug-likeness (QED) is 0.481. The lowest BCUT2D eigenvalue weighted by atomic mass is 10.1. The molecular formula is C15H14N2O5. The van der Waals surface area contributed by atoms with E-state index in [2.05, 4.69) is 0 Å². The van der Waals surface area contributed by atoms with E-state index in [4.69, 9.17) is 15.6 Å². The van der Waals surface area contributed by atoms with Crippen LogP contribution < -0.4 is 10.5 Å². The smallest absolute Gasteiger partial charge is 0.308 e. The highest BCUT2D eigenvalue weighted by atomic mass is 16.6. The van der Waals surface area contributed by atoms with Gasteiger partial charge in [-0.25, -0.2) is 0 Å². The van der Waals surface area contributed by atoms with Crippen LogP contribution in [0, 0.1) is 10.1 Å². The number of anilines is 1. The number of nitrogen functional groups attached to an aromatic ring is 1. The SMILES string of the molecule is Nc1cc(CC(=O)O)c([N+](=O)[O-])cc1OCc1ccccc1. The summed E-state index contributed by atoms with van der Waals surface area (Å²) in [6, 6.07) is 11.7. The van der Waals surface area contributed by atoms with Crippen LogP contribution in [0.4, 0.5) is 11.4 Å². The highest BCUT2D eigenvalue weighted by Gasteiger charge is 2.20. The van der Waals surface area contributed by atoms with Crippen LogP contribution in [0.25, 0.3) is 0 Å². The molecule has 2 aromatic carbocycles. The third kappa shape index (κ3) is 3.72. The Hall–Kier alpha value is -3.09. The highest BCUT2D eigenvalue weighted by Crippen LogP contribution is 2.32. The molecule has 2 aromatic rings. The van der Waals surface area contributed by atoms with E-state index >= 15 is 0 Å². The van der Waals surface area contributed by atoms with Crippen molar-refractivity contribution in [1.82, 2.24) is 0 Å². The number of carboxylic acid groups (broad SMARTS) is 1. The molecule has 0 saturated heterocycles. The van der Waals surface area contributed by atoms with Crippen molar-refractivity contribution >= 4 is 17.3 Å². The highest BCUT2D eigenvalue weighted by molar-refractivity contribution is 5.74. The summed E-state index contributed by atoms with van der Waals surface area (Å²) < 4.78 is 5.50. The van der Waals surface area contributed by atoms with Gasteiger partial charge in [-0.3, -0.25) is 14.9 Å². The van der Waals surface area contributed by atoms with E-state index in [1.807, 2.05) is 30.3 Å². The van der Waals surface area contributed by atoms with Gasteiger partial charge in [-0.2, -0.15) is 0 Å². The second kappa shape index (κ2) is 6.57. The maximum absolute atomic E-state index is 11.1. The third-order valence-electron chi connectivity index (χ3n) is 2.99. The molecule has 0 spiro atoms. The summed E-state index contributed by atoms with van der Waals surface area (Å²) in [7, 11) is 0. The average Bonchev–Trinajstić information content (AvgIpc) is 2.46. The van der Waals surface area contributed by atoms with E-state index in [1.54, 1.807) is 0 Å². The molecule has 0 aliphatic carbocycles. The zero-order chi connectivity index (χ0) is 16.1. The van der Waals surface area contributed by atoms with E-state index < -0.39 is 17.3 Å². The third-order valence-corrected chi connectivity index (χ3v) is 2.99. The first-order valence-electron chi connectivity index (χ1n) is 6.42. The molecule has 0 heterocycles. The number of nitrogens with zero attached hydrogens (tertiary/aromatic N) is 1. The standard InChI is InChI=1S/C15H14N2O5/c16-12-6-11(7-15(18)19)13(17(20)21)8-14(12)22-9-10-4-2-1-3-5-10/h1-6,8H,7,9,16H2,(H,18,19). The van der Waals surface area contributed by atoms with Gasteiger partial charge in [0, 0.05) is 5.56 Å². The lowest BCUT2D eigenvalue weighted by Gasteiger charge is -2.10. The Morgan fingerprint density at radius 2 is 1.95 bits per heavy atom. The molecule has 7 heteroatoms. The Labute approximate surface area is 126 Å². The number of nitrogens with two attached hydrogens (primary N) is 1. The fourth-order valence-corrected chi connectivity index (χ4v) is 1.97. The van der Waals surface area contributed by atoms with Gasteiger partial charge in [-0.15, -0.1) is 0 Å². The molecule has 114 valence electrons. The predicted molar refractivity (Wildman–Crippen MR) is 79.6 cm³/mol. The summed E-state index contributed by atoms with van der Waals surface area (Å²) in [6.07, 6.45) is -0.473. The number of ether oxygens (including phenoxy) is 1. The van der Waals surface area contributed by atoms with E-state index in [0.717, 1.165) is 11.6 Å². The van der Waals surface area contributed by atoms with Gasteiger partial charge < -0.3 is 15.6 Å². The van der Waals surface area contributed by atoms with E-state index in [1.165, 1.54) is 6.07 Å². The lowest BCUT2D eigenvalue weighted by Crippen LogP contribution is -2.06. The Balaban J connectivity index is 2.26. The second-order valence-corrected chi connectivity index (χ2v) is 4.62. The first-order chi connectivity index (χ1) is 10.5. The van der Waals surface area contributed by atoms with Crippen molar-refractivity contribution in [2.24, 2.45) is 0 Å². The van der Waals surface area contributed by atoms with Crippen molar-refractivity contribution in [3.63, 3.8) is 0 Å². The molecule has 2 rings (SSSR count). The van der Waals surface area contributed by atoms with Crippen LogP contribution in [0.3, 0.4) is 0 Å². The fourth-order valence-electron chi connectivity index (χ4n) is 1.97. The van der Waals surface area contributed by atoms with E-state index in [-0.39, 0.29) is 29.3 Å². The second-order valence-electron chi connectivity index (χ2n) is 4.62. The van der Waals surface area contributed by atoms with Crippen LogP contribution in [-0.4, -0.2) is 16.0 Å². The number of benzene rings is 2. The molecule has 7 nitrogen and oxygen atoms in total. The van der Waals surface area contributed by atoms with Gasteiger partial charge in [0.2, 0.25) is 0 Å². The van der Waals surface area contributed by atoms with Crippen LogP contribution in [0.5, 0.6) is 5.75 Å². The van der Waals surface area contributed by atoms with Crippen LogP contribution in [0.1, 0.15) is 11.1 Å². The van der Waals surface area contributed by atoms with Crippen molar-refractivity contribution in [3.05, 3.63) is 63.7 Å². The summed E-state index contributed by atoms with van der Waals surface area (Å²) in [5.74, 6) is -1.01. The van der Waals surface area contributed by atoms with Gasteiger partial charge in [-0.05, 0) is 11.6 Å². The van der Waals surface area contributed by atoms with Crippen molar-refractivity contribution in [2.45, 2.75) is 13.0 Å². The number of nitro groups is 1. The summed E-state index contributed by atoms with van der Waals surface area (Å²) in [6.45, 7) is 0.209. The number of hydrogen-bond acceptors (Lipinski definition) is 5. The minimum atomic E-state index is -1.17. The molecule has 0 saturated carbocycles. The average molecular weight is 302 g/mol. The van der Waals surface area contributed by atoms with Crippen LogP contribution >= 0.6 is 0 Å². The molecular weight excluding hydrogens is 288 g/mol. The first kappa shape index (κ1) is 15.3. The number of carboxylic acids is 1. The van der Waals surface area contributed by atoms with Crippen LogP contribution in [-0.2, 0) is 17.8 Å². The molecule has 0 radical (unpaired) electrons. The van der Waals surface area contributed by atoms with E-state index in [9.17, 15) is 14.9 Å². The molecule has 0 atom stereocenters. The molecule has 0 amide bonds. The van der Waals surface area contributed by atoms with Gasteiger partial charge in [0.25, 0.3) is 5.69 Å².